The van der Waals surface area contributed by atoms with Crippen molar-refractivity contribution in [1.82, 2.24) is 15.3 Å². The summed E-state index contributed by atoms with van der Waals surface area (Å²) in [6.45, 7) is 9.59. The van der Waals surface area contributed by atoms with Crippen LogP contribution in [0.25, 0.3) is 0 Å². The van der Waals surface area contributed by atoms with Gasteiger partial charge in [0.15, 0.2) is 0 Å². The van der Waals surface area contributed by atoms with Crippen LogP contribution in [0.4, 0.5) is 11.6 Å². The van der Waals surface area contributed by atoms with Gasteiger partial charge in [-0.05, 0) is 20.3 Å². The molecule has 0 atom stereocenters. The van der Waals surface area contributed by atoms with Gasteiger partial charge in [0.1, 0.15) is 17.5 Å². The third kappa shape index (κ3) is 5.11. The number of carbonyl (C=O) groups excluding carboxylic acids is 1. The van der Waals surface area contributed by atoms with Crippen LogP contribution in [0.5, 0.6) is 0 Å². The molecular formula is C13H23N5O. The Morgan fingerprint density at radius 2 is 1.63 bits per heavy atom. The number of aromatic nitrogens is 2. The molecule has 0 aromatic carbocycles. The van der Waals surface area contributed by atoms with Crippen LogP contribution in [0, 0.1) is 13.8 Å². The lowest BCUT2D eigenvalue weighted by Gasteiger charge is -2.14. The topological polar surface area (TPSA) is 78.9 Å². The first-order valence-corrected chi connectivity index (χ1v) is 6.62. The van der Waals surface area contributed by atoms with Crippen molar-refractivity contribution in [2.24, 2.45) is 0 Å². The molecule has 1 heterocycles. The normalized spacial score (nSPS) is 10.1. The second kappa shape index (κ2) is 7.56. The molecule has 0 radical (unpaired) electrons. The van der Waals surface area contributed by atoms with Crippen molar-refractivity contribution in [1.29, 1.82) is 0 Å². The molecule has 1 aromatic rings. The molecule has 1 rings (SSSR count). The third-order valence-electron chi connectivity index (χ3n) is 2.59. The van der Waals surface area contributed by atoms with Gasteiger partial charge in [0.25, 0.3) is 0 Å². The number of aryl methyl sites for hydroxylation is 1. The molecule has 1 aromatic heterocycles. The van der Waals surface area contributed by atoms with Crippen LogP contribution in [-0.4, -0.2) is 35.5 Å². The Balaban J connectivity index is 2.66. The second-order valence-corrected chi connectivity index (χ2v) is 4.43. The summed E-state index contributed by atoms with van der Waals surface area (Å²) in [6, 6.07) is 0. The van der Waals surface area contributed by atoms with Crippen LogP contribution < -0.4 is 16.0 Å². The van der Waals surface area contributed by atoms with Crippen LogP contribution in [-0.2, 0) is 4.79 Å². The number of hydrogen-bond acceptors (Lipinski definition) is 5. The zero-order valence-corrected chi connectivity index (χ0v) is 12.1. The Labute approximate surface area is 114 Å². The Bertz CT molecular complexity index is 433. The molecule has 1 amide bonds. The van der Waals surface area contributed by atoms with Gasteiger partial charge in [0, 0.05) is 32.1 Å². The minimum atomic E-state index is -0.0253. The standard InChI is InChI=1S/C13H23N5O/c1-5-6-15-12-9(2)13(18-10(3)17-12)16-8-7-14-11(4)19/h5-8H2,1-4H3,(H,14,19)(H2,15,16,17,18). The van der Waals surface area contributed by atoms with Crippen LogP contribution in [0.1, 0.15) is 31.7 Å². The van der Waals surface area contributed by atoms with Crippen LogP contribution >= 0.6 is 0 Å². The van der Waals surface area contributed by atoms with E-state index in [4.69, 9.17) is 0 Å². The van der Waals surface area contributed by atoms with Crippen molar-refractivity contribution in [3.8, 4) is 0 Å². The fourth-order valence-electron chi connectivity index (χ4n) is 1.64. The zero-order valence-electron chi connectivity index (χ0n) is 12.1. The predicted octanol–water partition coefficient (Wildman–Crippen LogP) is 1.46. The molecule has 106 valence electrons. The van der Waals surface area contributed by atoms with Gasteiger partial charge in [-0.3, -0.25) is 4.79 Å². The number of nitrogens with zero attached hydrogens (tertiary/aromatic N) is 2. The zero-order chi connectivity index (χ0) is 14.3. The second-order valence-electron chi connectivity index (χ2n) is 4.43. The number of carbonyl (C=O) groups is 1. The number of amides is 1. The fourth-order valence-corrected chi connectivity index (χ4v) is 1.64. The van der Waals surface area contributed by atoms with Crippen molar-refractivity contribution in [2.75, 3.05) is 30.3 Å². The third-order valence-corrected chi connectivity index (χ3v) is 2.59. The average molecular weight is 265 g/mol. The maximum atomic E-state index is 10.8. The minimum Gasteiger partial charge on any atom is -0.370 e. The summed E-state index contributed by atoms with van der Waals surface area (Å²) in [5.74, 6) is 2.39. The molecule has 0 aliphatic carbocycles. The first-order valence-electron chi connectivity index (χ1n) is 6.62. The van der Waals surface area contributed by atoms with E-state index in [0.29, 0.717) is 13.1 Å². The Kier molecular flexibility index (Phi) is 6.05. The summed E-state index contributed by atoms with van der Waals surface area (Å²) >= 11 is 0. The van der Waals surface area contributed by atoms with Crippen molar-refractivity contribution in [3.63, 3.8) is 0 Å². The van der Waals surface area contributed by atoms with E-state index in [1.54, 1.807) is 0 Å². The molecule has 0 unspecified atom stereocenters. The van der Waals surface area contributed by atoms with E-state index in [-0.39, 0.29) is 5.91 Å². The van der Waals surface area contributed by atoms with Crippen molar-refractivity contribution in [3.05, 3.63) is 11.4 Å². The van der Waals surface area contributed by atoms with E-state index < -0.39 is 0 Å². The van der Waals surface area contributed by atoms with Crippen LogP contribution in [0.2, 0.25) is 0 Å². The molecule has 0 bridgehead atoms. The number of rotatable bonds is 7. The monoisotopic (exact) mass is 265 g/mol. The first-order chi connectivity index (χ1) is 9.04. The van der Waals surface area contributed by atoms with E-state index in [0.717, 1.165) is 36.0 Å². The smallest absolute Gasteiger partial charge is 0.216 e. The molecule has 6 heteroatoms. The molecule has 0 spiro atoms. The van der Waals surface area contributed by atoms with Gasteiger partial charge in [-0.15, -0.1) is 0 Å². The highest BCUT2D eigenvalue weighted by molar-refractivity contribution is 5.72. The SMILES string of the molecule is CCCNc1nc(C)nc(NCCNC(C)=O)c1C. The van der Waals surface area contributed by atoms with E-state index in [9.17, 15) is 4.79 Å². The van der Waals surface area contributed by atoms with E-state index >= 15 is 0 Å². The minimum absolute atomic E-state index is 0.0253. The lowest BCUT2D eigenvalue weighted by atomic mass is 10.3. The molecule has 0 saturated carbocycles. The van der Waals surface area contributed by atoms with Gasteiger partial charge in [-0.25, -0.2) is 9.97 Å². The Morgan fingerprint density at radius 3 is 2.16 bits per heavy atom. The van der Waals surface area contributed by atoms with Crippen molar-refractivity contribution < 1.29 is 4.79 Å². The molecule has 19 heavy (non-hydrogen) atoms. The van der Waals surface area contributed by atoms with Crippen molar-refractivity contribution >= 4 is 17.5 Å². The van der Waals surface area contributed by atoms with Gasteiger partial charge >= 0.3 is 0 Å². The number of nitrogens with one attached hydrogen (secondary N) is 3. The van der Waals surface area contributed by atoms with Crippen LogP contribution in [0.3, 0.4) is 0 Å². The van der Waals surface area contributed by atoms with E-state index in [2.05, 4.69) is 32.8 Å². The largest absolute Gasteiger partial charge is 0.370 e. The van der Waals surface area contributed by atoms with Gasteiger partial charge in [0.2, 0.25) is 5.91 Å². The maximum Gasteiger partial charge on any atom is 0.216 e. The first kappa shape index (κ1) is 15.2. The summed E-state index contributed by atoms with van der Waals surface area (Å²) in [4.78, 5) is 19.6. The quantitative estimate of drug-likeness (QED) is 0.651. The summed E-state index contributed by atoms with van der Waals surface area (Å²) in [6.07, 6.45) is 1.05. The molecule has 0 aliphatic rings. The highest BCUT2D eigenvalue weighted by Gasteiger charge is 2.08. The predicted molar refractivity (Wildman–Crippen MR) is 77.5 cm³/mol. The maximum absolute atomic E-state index is 10.8. The van der Waals surface area contributed by atoms with E-state index in [1.165, 1.54) is 6.92 Å². The molecule has 0 aliphatic heterocycles. The summed E-state index contributed by atoms with van der Waals surface area (Å²) in [5.41, 5.74) is 1.00. The highest BCUT2D eigenvalue weighted by Crippen LogP contribution is 2.19. The number of anilines is 2. The summed E-state index contributed by atoms with van der Waals surface area (Å²) in [7, 11) is 0. The van der Waals surface area contributed by atoms with Gasteiger partial charge < -0.3 is 16.0 Å². The summed E-state index contributed by atoms with van der Waals surface area (Å²) < 4.78 is 0. The Morgan fingerprint density at radius 1 is 1.05 bits per heavy atom. The molecule has 0 saturated heterocycles. The molecular weight excluding hydrogens is 242 g/mol. The summed E-state index contributed by atoms with van der Waals surface area (Å²) in [5, 5.41) is 9.25. The Hall–Kier alpha value is -1.85. The molecule has 0 fully saturated rings. The average Bonchev–Trinajstić information content (AvgIpc) is 2.36. The molecule has 3 N–H and O–H groups in total. The number of hydrogen-bond donors (Lipinski definition) is 3. The van der Waals surface area contributed by atoms with Crippen molar-refractivity contribution in [2.45, 2.75) is 34.1 Å². The molecule has 6 nitrogen and oxygen atoms in total. The van der Waals surface area contributed by atoms with Crippen LogP contribution in [0.15, 0.2) is 0 Å². The highest BCUT2D eigenvalue weighted by atomic mass is 16.1. The van der Waals surface area contributed by atoms with Gasteiger partial charge in [-0.1, -0.05) is 6.92 Å². The lowest BCUT2D eigenvalue weighted by Crippen LogP contribution is -2.26. The van der Waals surface area contributed by atoms with E-state index in [1.807, 2.05) is 13.8 Å². The van der Waals surface area contributed by atoms with Gasteiger partial charge in [0.05, 0.1) is 0 Å². The fraction of sp³-hybridized carbons (Fsp3) is 0.615. The van der Waals surface area contributed by atoms with Gasteiger partial charge in [-0.2, -0.15) is 0 Å². The lowest BCUT2D eigenvalue weighted by molar-refractivity contribution is -0.118.